The van der Waals surface area contributed by atoms with Crippen LogP contribution in [-0.4, -0.2) is 45.1 Å². The monoisotopic (exact) mass is 389 g/mol. The Labute approximate surface area is 165 Å². The van der Waals surface area contributed by atoms with Crippen molar-refractivity contribution in [1.82, 2.24) is 4.90 Å². The molecule has 1 aliphatic rings. The lowest BCUT2D eigenvalue weighted by molar-refractivity contribution is -0.141. The SMILES string of the molecule is COC(=O)CC1C=CN(Cc2cc(OC)c(OC)c(OC)c2)C(C)=C1C(C)=O. The first-order chi connectivity index (χ1) is 13.4. The van der Waals surface area contributed by atoms with Crippen LogP contribution in [0, 0.1) is 5.92 Å². The molecular weight excluding hydrogens is 362 g/mol. The van der Waals surface area contributed by atoms with Crippen molar-refractivity contribution in [2.75, 3.05) is 28.4 Å². The van der Waals surface area contributed by atoms with Crippen LogP contribution >= 0.6 is 0 Å². The summed E-state index contributed by atoms with van der Waals surface area (Å²) in [5, 5.41) is 0. The molecule has 0 saturated heterocycles. The molecule has 0 bridgehead atoms. The van der Waals surface area contributed by atoms with Crippen molar-refractivity contribution in [3.63, 3.8) is 0 Å². The minimum Gasteiger partial charge on any atom is -0.493 e. The van der Waals surface area contributed by atoms with Gasteiger partial charge in [-0.05, 0) is 31.5 Å². The molecule has 7 heteroatoms. The molecule has 0 saturated carbocycles. The van der Waals surface area contributed by atoms with E-state index in [0.717, 1.165) is 11.3 Å². The number of nitrogens with zero attached hydrogens (tertiary/aromatic N) is 1. The summed E-state index contributed by atoms with van der Waals surface area (Å²) in [6.45, 7) is 3.89. The normalized spacial score (nSPS) is 16.1. The van der Waals surface area contributed by atoms with Gasteiger partial charge in [0.2, 0.25) is 5.75 Å². The van der Waals surface area contributed by atoms with Gasteiger partial charge in [-0.15, -0.1) is 0 Å². The zero-order valence-electron chi connectivity index (χ0n) is 17.2. The summed E-state index contributed by atoms with van der Waals surface area (Å²) in [4.78, 5) is 25.9. The van der Waals surface area contributed by atoms with Crippen LogP contribution in [0.1, 0.15) is 25.8 Å². The van der Waals surface area contributed by atoms with Crippen LogP contribution in [0.15, 0.2) is 35.7 Å². The third kappa shape index (κ3) is 4.47. The standard InChI is InChI=1S/C21H27NO6/c1-13-20(14(2)23)16(11-19(24)27-5)7-8-22(13)12-15-9-17(25-3)21(28-6)18(10-15)26-4/h7-10,16H,11-12H2,1-6H3. The number of carbonyl (C=O) groups is 2. The lowest BCUT2D eigenvalue weighted by Crippen LogP contribution is -2.27. The van der Waals surface area contributed by atoms with Gasteiger partial charge < -0.3 is 23.8 Å². The van der Waals surface area contributed by atoms with E-state index >= 15 is 0 Å². The van der Waals surface area contributed by atoms with E-state index in [1.165, 1.54) is 14.0 Å². The second-order valence-electron chi connectivity index (χ2n) is 6.45. The highest BCUT2D eigenvalue weighted by atomic mass is 16.5. The van der Waals surface area contributed by atoms with Crippen molar-refractivity contribution in [3.8, 4) is 17.2 Å². The molecule has 1 heterocycles. The first-order valence-electron chi connectivity index (χ1n) is 8.88. The van der Waals surface area contributed by atoms with E-state index in [2.05, 4.69) is 0 Å². The number of rotatable bonds is 8. The van der Waals surface area contributed by atoms with Crippen LogP contribution in [-0.2, 0) is 20.9 Å². The lowest BCUT2D eigenvalue weighted by Gasteiger charge is -2.31. The number of benzene rings is 1. The third-order valence-electron chi connectivity index (χ3n) is 4.76. The Morgan fingerprint density at radius 3 is 2.11 bits per heavy atom. The van der Waals surface area contributed by atoms with Gasteiger partial charge in [-0.3, -0.25) is 9.59 Å². The molecule has 1 aromatic carbocycles. The molecule has 1 atom stereocenters. The van der Waals surface area contributed by atoms with Crippen molar-refractivity contribution in [3.05, 3.63) is 41.2 Å². The Morgan fingerprint density at radius 1 is 1.04 bits per heavy atom. The largest absolute Gasteiger partial charge is 0.493 e. The van der Waals surface area contributed by atoms with E-state index in [1.807, 2.05) is 36.2 Å². The van der Waals surface area contributed by atoms with Gasteiger partial charge >= 0.3 is 5.97 Å². The van der Waals surface area contributed by atoms with Crippen LogP contribution in [0.5, 0.6) is 17.2 Å². The van der Waals surface area contributed by atoms with Gasteiger partial charge in [-0.1, -0.05) is 6.08 Å². The van der Waals surface area contributed by atoms with Crippen molar-refractivity contribution < 1.29 is 28.5 Å². The molecule has 7 nitrogen and oxygen atoms in total. The Kier molecular flexibility index (Phi) is 7.09. The number of ether oxygens (including phenoxy) is 4. The molecule has 1 aromatic rings. The van der Waals surface area contributed by atoms with E-state index in [1.54, 1.807) is 21.3 Å². The van der Waals surface area contributed by atoms with Gasteiger partial charge in [0.05, 0.1) is 34.9 Å². The zero-order valence-corrected chi connectivity index (χ0v) is 17.2. The molecule has 0 spiro atoms. The summed E-state index contributed by atoms with van der Waals surface area (Å²) < 4.78 is 20.9. The molecule has 0 aromatic heterocycles. The molecule has 0 radical (unpaired) electrons. The summed E-state index contributed by atoms with van der Waals surface area (Å²) >= 11 is 0. The maximum atomic E-state index is 12.2. The van der Waals surface area contributed by atoms with Gasteiger partial charge in [0.25, 0.3) is 0 Å². The quantitative estimate of drug-likeness (QED) is 0.633. The summed E-state index contributed by atoms with van der Waals surface area (Å²) in [6.07, 6.45) is 3.88. The molecule has 0 amide bonds. The van der Waals surface area contributed by atoms with Gasteiger partial charge in [0.15, 0.2) is 17.3 Å². The third-order valence-corrected chi connectivity index (χ3v) is 4.76. The average molecular weight is 389 g/mol. The Hall–Kier alpha value is -2.96. The van der Waals surface area contributed by atoms with E-state index in [4.69, 9.17) is 18.9 Å². The van der Waals surface area contributed by atoms with E-state index in [9.17, 15) is 9.59 Å². The van der Waals surface area contributed by atoms with E-state index in [-0.39, 0.29) is 24.1 Å². The number of Topliss-reactive ketones (excluding diaryl/α,β-unsaturated/α-hetero) is 1. The molecule has 2 rings (SSSR count). The predicted octanol–water partition coefficient (Wildman–Crippen LogP) is 3.08. The zero-order chi connectivity index (χ0) is 20.8. The fourth-order valence-corrected chi connectivity index (χ4v) is 3.38. The number of hydrogen-bond donors (Lipinski definition) is 0. The first kappa shape index (κ1) is 21.3. The van der Waals surface area contributed by atoms with Crippen LogP contribution in [0.25, 0.3) is 0 Å². The van der Waals surface area contributed by atoms with Crippen molar-refractivity contribution in [1.29, 1.82) is 0 Å². The van der Waals surface area contributed by atoms with Gasteiger partial charge in [-0.25, -0.2) is 0 Å². The van der Waals surface area contributed by atoms with Crippen LogP contribution < -0.4 is 14.2 Å². The predicted molar refractivity (Wildman–Crippen MR) is 104 cm³/mol. The molecule has 1 aliphatic heterocycles. The minimum atomic E-state index is -0.348. The van der Waals surface area contributed by atoms with Gasteiger partial charge in [0, 0.05) is 29.9 Å². The topological polar surface area (TPSA) is 74.3 Å². The van der Waals surface area contributed by atoms with Crippen LogP contribution in [0.4, 0.5) is 0 Å². The maximum absolute atomic E-state index is 12.2. The number of esters is 1. The van der Waals surface area contributed by atoms with E-state index < -0.39 is 0 Å². The summed E-state index contributed by atoms with van der Waals surface area (Å²) in [6, 6.07) is 3.74. The summed E-state index contributed by atoms with van der Waals surface area (Å²) in [5.74, 6) is 0.952. The van der Waals surface area contributed by atoms with Crippen LogP contribution in [0.3, 0.4) is 0 Å². The fourth-order valence-electron chi connectivity index (χ4n) is 3.38. The fraction of sp³-hybridized carbons (Fsp3) is 0.429. The van der Waals surface area contributed by atoms with Crippen LogP contribution in [0.2, 0.25) is 0 Å². The van der Waals surface area contributed by atoms with Crippen molar-refractivity contribution >= 4 is 11.8 Å². The molecule has 0 fully saturated rings. The second kappa shape index (κ2) is 9.30. The molecule has 152 valence electrons. The lowest BCUT2D eigenvalue weighted by atomic mass is 9.88. The van der Waals surface area contributed by atoms with E-state index in [0.29, 0.717) is 29.4 Å². The smallest absolute Gasteiger partial charge is 0.306 e. The first-order valence-corrected chi connectivity index (χ1v) is 8.88. The maximum Gasteiger partial charge on any atom is 0.306 e. The Bertz CT molecular complexity index is 786. The molecule has 0 aliphatic carbocycles. The Balaban J connectivity index is 2.35. The summed E-state index contributed by atoms with van der Waals surface area (Å²) in [7, 11) is 6.03. The Morgan fingerprint density at radius 2 is 1.64 bits per heavy atom. The number of carbonyl (C=O) groups excluding carboxylic acids is 2. The highest BCUT2D eigenvalue weighted by Gasteiger charge is 2.27. The molecular formula is C21H27NO6. The van der Waals surface area contributed by atoms with Gasteiger partial charge in [0.1, 0.15) is 0 Å². The number of hydrogen-bond acceptors (Lipinski definition) is 7. The minimum absolute atomic E-state index is 0.0642. The molecule has 28 heavy (non-hydrogen) atoms. The summed E-state index contributed by atoms with van der Waals surface area (Å²) in [5.41, 5.74) is 2.34. The molecule has 0 N–H and O–H groups in total. The average Bonchev–Trinajstić information content (AvgIpc) is 2.68. The number of allylic oxidation sites excluding steroid dienone is 3. The number of methoxy groups -OCH3 is 4. The molecule has 1 unspecified atom stereocenters. The number of ketones is 1. The van der Waals surface area contributed by atoms with Crippen molar-refractivity contribution in [2.45, 2.75) is 26.8 Å². The highest BCUT2D eigenvalue weighted by Crippen LogP contribution is 2.39. The second-order valence-corrected chi connectivity index (χ2v) is 6.45. The van der Waals surface area contributed by atoms with Crippen molar-refractivity contribution in [2.24, 2.45) is 5.92 Å². The van der Waals surface area contributed by atoms with Gasteiger partial charge in [-0.2, -0.15) is 0 Å². The highest BCUT2D eigenvalue weighted by molar-refractivity contribution is 5.95.